The summed E-state index contributed by atoms with van der Waals surface area (Å²) in [6, 6.07) is 53.7. The molecule has 0 fully saturated rings. The van der Waals surface area contributed by atoms with Crippen LogP contribution in [0.4, 0.5) is 17.1 Å². The maximum Gasteiger partial charge on any atom is 0.135 e. The Labute approximate surface area is 332 Å². The smallest absolute Gasteiger partial charge is 0.135 e. The van der Waals surface area contributed by atoms with Crippen LogP contribution >= 0.6 is 0 Å². The van der Waals surface area contributed by atoms with Gasteiger partial charge in [0.15, 0.2) is 0 Å². The average Bonchev–Trinajstić information content (AvgIpc) is 3.89. The minimum absolute atomic E-state index is 0.104. The van der Waals surface area contributed by atoms with Crippen molar-refractivity contribution in [2.45, 2.75) is 45.4 Å². The fourth-order valence-corrected chi connectivity index (χ4v) is 10.6. The van der Waals surface area contributed by atoms with Gasteiger partial charge in [0.05, 0.1) is 11.4 Å². The molecule has 2 aliphatic carbocycles. The zero-order valence-corrected chi connectivity index (χ0v) is 32.7. The molecule has 3 aliphatic rings. The van der Waals surface area contributed by atoms with Crippen LogP contribution in [0.1, 0.15) is 67.9 Å². The van der Waals surface area contributed by atoms with Gasteiger partial charge in [-0.25, -0.2) is 0 Å². The van der Waals surface area contributed by atoms with Gasteiger partial charge in [-0.1, -0.05) is 119 Å². The predicted octanol–water partition coefficient (Wildman–Crippen LogP) is 13.0. The molecule has 3 heteroatoms. The SMILES string of the molecule is CC1(C)C=c2[nH]c3cc4c(cc3c2C(c2ccccc2)C1)-c1cc(-c2ccc3c(c2)C(C)(C)c2c(ccc5oc6ccccc6c25)N3c2ccccc2)ccc1C=4. The Morgan fingerprint density at radius 1 is 0.649 bits per heavy atom. The van der Waals surface area contributed by atoms with E-state index in [1.807, 2.05) is 0 Å². The Hall–Kier alpha value is -6.58. The number of hydrogen-bond acceptors (Lipinski definition) is 2. The summed E-state index contributed by atoms with van der Waals surface area (Å²) >= 11 is 0. The largest absolute Gasteiger partial charge is 0.456 e. The average molecular weight is 735 g/mol. The predicted molar refractivity (Wildman–Crippen MR) is 237 cm³/mol. The number of hydrogen-bond donors (Lipinski definition) is 1. The van der Waals surface area contributed by atoms with Crippen LogP contribution in [-0.4, -0.2) is 4.98 Å². The number of rotatable bonds is 3. The van der Waals surface area contributed by atoms with Gasteiger partial charge >= 0.3 is 0 Å². The Balaban J connectivity index is 1.02. The minimum atomic E-state index is -0.310. The molecule has 7 aromatic carbocycles. The first-order valence-corrected chi connectivity index (χ1v) is 20.3. The lowest BCUT2D eigenvalue weighted by Crippen LogP contribution is -2.31. The molecule has 0 bridgehead atoms. The fraction of sp³-hybridized carbons (Fsp3) is 0.148. The Kier molecular flexibility index (Phi) is 6.58. The molecule has 0 amide bonds. The van der Waals surface area contributed by atoms with E-state index in [1.165, 1.54) is 88.3 Å². The van der Waals surface area contributed by atoms with Gasteiger partial charge in [-0.3, -0.25) is 0 Å². The van der Waals surface area contributed by atoms with E-state index < -0.39 is 0 Å². The second-order valence-electron chi connectivity index (χ2n) is 17.6. The third-order valence-electron chi connectivity index (χ3n) is 13.2. The number of aromatic nitrogens is 1. The van der Waals surface area contributed by atoms with Gasteiger partial charge in [0.1, 0.15) is 11.2 Å². The maximum absolute atomic E-state index is 6.47. The molecule has 9 aromatic rings. The van der Waals surface area contributed by atoms with Crippen LogP contribution in [0.15, 0.2) is 150 Å². The fourth-order valence-electron chi connectivity index (χ4n) is 10.6. The summed E-state index contributed by atoms with van der Waals surface area (Å²) in [6.45, 7) is 9.50. The Bertz CT molecular complexity index is 3270. The van der Waals surface area contributed by atoms with E-state index in [0.29, 0.717) is 5.92 Å². The molecule has 3 heterocycles. The van der Waals surface area contributed by atoms with Gasteiger partial charge in [0.2, 0.25) is 0 Å². The number of para-hydroxylation sites is 2. The number of aromatic amines is 1. The van der Waals surface area contributed by atoms with Gasteiger partial charge in [-0.15, -0.1) is 0 Å². The van der Waals surface area contributed by atoms with Crippen molar-refractivity contribution in [1.82, 2.24) is 4.98 Å². The molecule has 1 unspecified atom stereocenters. The molecule has 0 saturated heterocycles. The van der Waals surface area contributed by atoms with Crippen molar-refractivity contribution >= 4 is 62.1 Å². The first kappa shape index (κ1) is 32.6. The molecule has 1 aliphatic heterocycles. The highest BCUT2D eigenvalue weighted by atomic mass is 16.3. The van der Waals surface area contributed by atoms with E-state index in [0.717, 1.165) is 28.7 Å². The van der Waals surface area contributed by atoms with Crippen LogP contribution in [0.3, 0.4) is 0 Å². The van der Waals surface area contributed by atoms with Crippen molar-refractivity contribution in [3.63, 3.8) is 0 Å². The first-order chi connectivity index (χ1) is 27.7. The molecular weight excluding hydrogens is 693 g/mol. The van der Waals surface area contributed by atoms with Crippen molar-refractivity contribution in [3.8, 4) is 22.3 Å². The zero-order chi connectivity index (χ0) is 38.2. The molecule has 0 saturated carbocycles. The molecular formula is C54H42N2O. The molecule has 3 nitrogen and oxygen atoms in total. The molecule has 12 rings (SSSR count). The van der Waals surface area contributed by atoms with Crippen LogP contribution in [0.5, 0.6) is 0 Å². The number of nitrogens with zero attached hydrogens (tertiary/aromatic N) is 1. The quantitative estimate of drug-likeness (QED) is 0.196. The third kappa shape index (κ3) is 4.72. The number of nitrogens with one attached hydrogen (secondary N) is 1. The van der Waals surface area contributed by atoms with Crippen LogP contribution < -0.4 is 15.5 Å². The highest BCUT2D eigenvalue weighted by molar-refractivity contribution is 6.11. The molecule has 0 spiro atoms. The van der Waals surface area contributed by atoms with Crippen LogP contribution in [0.2, 0.25) is 0 Å². The summed E-state index contributed by atoms with van der Waals surface area (Å²) in [4.78, 5) is 6.30. The van der Waals surface area contributed by atoms with Gasteiger partial charge in [0.25, 0.3) is 0 Å². The van der Waals surface area contributed by atoms with E-state index >= 15 is 0 Å². The van der Waals surface area contributed by atoms with Crippen LogP contribution in [-0.2, 0) is 5.41 Å². The topological polar surface area (TPSA) is 32.2 Å². The molecule has 1 atom stereocenters. The van der Waals surface area contributed by atoms with Gasteiger partial charge < -0.3 is 14.3 Å². The van der Waals surface area contributed by atoms with Gasteiger partial charge in [0, 0.05) is 44.0 Å². The van der Waals surface area contributed by atoms with E-state index in [-0.39, 0.29) is 10.8 Å². The third-order valence-corrected chi connectivity index (χ3v) is 13.2. The molecule has 1 N–H and O–H groups in total. The highest BCUT2D eigenvalue weighted by Gasteiger charge is 2.40. The summed E-state index contributed by atoms with van der Waals surface area (Å²) in [7, 11) is 0. The number of fused-ring (bicyclic) bond motifs is 12. The van der Waals surface area contributed by atoms with Crippen molar-refractivity contribution in [3.05, 3.63) is 184 Å². The summed E-state index contributed by atoms with van der Waals surface area (Å²) in [5.41, 5.74) is 18.2. The van der Waals surface area contributed by atoms with Crippen molar-refractivity contribution in [2.75, 3.05) is 4.90 Å². The van der Waals surface area contributed by atoms with Crippen LogP contribution in [0, 0.1) is 5.41 Å². The number of anilines is 3. The van der Waals surface area contributed by atoms with E-state index in [4.69, 9.17) is 4.42 Å². The maximum atomic E-state index is 6.47. The van der Waals surface area contributed by atoms with Gasteiger partial charge in [-0.05, 0) is 134 Å². The van der Waals surface area contributed by atoms with Crippen molar-refractivity contribution < 1.29 is 4.42 Å². The van der Waals surface area contributed by atoms with E-state index in [2.05, 4.69) is 195 Å². The summed E-state index contributed by atoms with van der Waals surface area (Å²) in [5.74, 6) is 0.338. The summed E-state index contributed by atoms with van der Waals surface area (Å²) in [6.07, 6.45) is 5.91. The number of H-pyrrole nitrogens is 1. The van der Waals surface area contributed by atoms with Crippen molar-refractivity contribution in [2.24, 2.45) is 5.41 Å². The lowest BCUT2D eigenvalue weighted by atomic mass is 9.71. The molecule has 2 aromatic heterocycles. The highest BCUT2D eigenvalue weighted by Crippen LogP contribution is 2.56. The standard InChI is InChI=1S/C54H42N2O/c1-53(2)30-42(32-13-7-5-8-14-32)50-41-29-40-36(28-44(41)55-45(50)31-53)25-35-20-19-33(26-39(35)40)34-21-22-46-43(27-34)54(3,4)52-47(56(46)37-15-9-6-10-16-37)23-24-49-51(52)38-17-11-12-18-48(38)57-49/h5-29,31,42,55H,30H2,1-4H3. The minimum Gasteiger partial charge on any atom is -0.456 e. The molecule has 57 heavy (non-hydrogen) atoms. The Morgan fingerprint density at radius 2 is 1.39 bits per heavy atom. The van der Waals surface area contributed by atoms with Gasteiger partial charge in [-0.2, -0.15) is 0 Å². The lowest BCUT2D eigenvalue weighted by molar-refractivity contribution is 0.428. The second kappa shape index (κ2) is 11.5. The summed E-state index contributed by atoms with van der Waals surface area (Å²) in [5, 5.41) is 6.25. The number of benzene rings is 7. The van der Waals surface area contributed by atoms with Crippen molar-refractivity contribution in [1.29, 1.82) is 0 Å². The Morgan fingerprint density at radius 3 is 2.23 bits per heavy atom. The number of furan rings is 1. The monoisotopic (exact) mass is 734 g/mol. The molecule has 0 radical (unpaired) electrons. The second-order valence-corrected chi connectivity index (χ2v) is 17.6. The zero-order valence-electron chi connectivity index (χ0n) is 32.7. The summed E-state index contributed by atoms with van der Waals surface area (Å²) < 4.78 is 6.47. The van der Waals surface area contributed by atoms with Crippen LogP contribution in [0.25, 0.3) is 67.2 Å². The van der Waals surface area contributed by atoms with E-state index in [1.54, 1.807) is 0 Å². The first-order valence-electron chi connectivity index (χ1n) is 20.3. The lowest BCUT2D eigenvalue weighted by Gasteiger charge is -2.42. The molecule has 274 valence electrons. The van der Waals surface area contributed by atoms with E-state index in [9.17, 15) is 0 Å². The normalized spacial score (nSPS) is 17.1.